The molecule has 70 valence electrons. The lowest BCUT2D eigenvalue weighted by molar-refractivity contribution is 1.38. The molecule has 1 aromatic carbocycles. The minimum atomic E-state index is 0.653. The van der Waals surface area contributed by atoms with Crippen molar-refractivity contribution < 1.29 is 0 Å². The van der Waals surface area contributed by atoms with E-state index in [1.807, 2.05) is 24.3 Å². The molecule has 1 aromatic rings. The molecule has 4 heteroatoms. The number of thioether (sulfide) groups is 1. The highest BCUT2D eigenvalue weighted by Crippen LogP contribution is 2.19. The molecule has 0 aromatic heterocycles. The van der Waals surface area contributed by atoms with Crippen molar-refractivity contribution >= 4 is 29.2 Å². The van der Waals surface area contributed by atoms with Gasteiger partial charge in [-0.1, -0.05) is 11.6 Å². The highest BCUT2D eigenvalue weighted by Gasteiger charge is 1.95. The summed E-state index contributed by atoms with van der Waals surface area (Å²) < 4.78 is 0. The van der Waals surface area contributed by atoms with Crippen molar-refractivity contribution in [2.45, 2.75) is 4.90 Å². The zero-order valence-corrected chi connectivity index (χ0v) is 8.90. The lowest BCUT2D eigenvalue weighted by Gasteiger charge is -2.00. The minimum absolute atomic E-state index is 0.653. The Labute approximate surface area is 87.2 Å². The average Bonchev–Trinajstić information content (AvgIpc) is 2.16. The van der Waals surface area contributed by atoms with E-state index in [9.17, 15) is 0 Å². The highest BCUT2D eigenvalue weighted by atomic mass is 35.5. The number of rotatable bonds is 3. The summed E-state index contributed by atoms with van der Waals surface area (Å²) in [6, 6.07) is 7.66. The molecule has 0 aliphatic heterocycles. The molecule has 0 spiro atoms. The van der Waals surface area contributed by atoms with Crippen LogP contribution in [0.15, 0.2) is 34.2 Å². The van der Waals surface area contributed by atoms with Crippen LogP contribution in [0.1, 0.15) is 0 Å². The second kappa shape index (κ2) is 5.14. The summed E-state index contributed by atoms with van der Waals surface area (Å²) in [5, 5.41) is 0.751. The maximum absolute atomic E-state index is 5.74. The van der Waals surface area contributed by atoms with Gasteiger partial charge < -0.3 is 5.73 Å². The van der Waals surface area contributed by atoms with Crippen LogP contribution in [0.2, 0.25) is 5.02 Å². The van der Waals surface area contributed by atoms with E-state index in [0.717, 1.165) is 15.7 Å². The molecule has 0 radical (unpaired) electrons. The zero-order chi connectivity index (χ0) is 9.68. The van der Waals surface area contributed by atoms with Crippen LogP contribution in [0.5, 0.6) is 0 Å². The predicted octanol–water partition coefficient (Wildman–Crippen LogP) is 2.42. The molecule has 0 bridgehead atoms. The van der Waals surface area contributed by atoms with Gasteiger partial charge in [0.2, 0.25) is 0 Å². The van der Waals surface area contributed by atoms with Crippen molar-refractivity contribution in [1.29, 1.82) is 0 Å². The van der Waals surface area contributed by atoms with E-state index in [-0.39, 0.29) is 0 Å². The summed E-state index contributed by atoms with van der Waals surface area (Å²) in [4.78, 5) is 5.02. The van der Waals surface area contributed by atoms with Gasteiger partial charge in [0, 0.05) is 17.0 Å². The fourth-order valence-electron chi connectivity index (χ4n) is 0.753. The molecule has 1 rings (SSSR count). The highest BCUT2D eigenvalue weighted by molar-refractivity contribution is 8.00. The third-order valence-corrected chi connectivity index (χ3v) is 2.79. The van der Waals surface area contributed by atoms with Crippen molar-refractivity contribution in [1.82, 2.24) is 0 Å². The molecule has 0 heterocycles. The van der Waals surface area contributed by atoms with Gasteiger partial charge in [0.25, 0.3) is 0 Å². The lowest BCUT2D eigenvalue weighted by Crippen LogP contribution is -2.13. The average molecular weight is 215 g/mol. The van der Waals surface area contributed by atoms with Gasteiger partial charge in [-0.15, -0.1) is 11.8 Å². The first-order valence-corrected chi connectivity index (χ1v) is 5.18. The molecular weight excluding hydrogens is 204 g/mol. The topological polar surface area (TPSA) is 38.4 Å². The molecule has 0 fully saturated rings. The van der Waals surface area contributed by atoms with Crippen molar-refractivity contribution in [2.24, 2.45) is 10.7 Å². The summed E-state index contributed by atoms with van der Waals surface area (Å²) in [5.41, 5.74) is 5.55. The maximum Gasteiger partial charge on any atom is 0.104 e. The number of aliphatic imine (C=N–C) groups is 1. The molecular formula is C9H11ClN2S. The Kier molecular flexibility index (Phi) is 4.12. The van der Waals surface area contributed by atoms with Crippen LogP contribution in [0, 0.1) is 0 Å². The molecule has 2 nitrogen and oxygen atoms in total. The van der Waals surface area contributed by atoms with E-state index in [1.165, 1.54) is 0 Å². The molecule has 0 amide bonds. The van der Waals surface area contributed by atoms with Crippen LogP contribution in [0.25, 0.3) is 0 Å². The minimum Gasteiger partial charge on any atom is -0.387 e. The molecule has 0 saturated heterocycles. The first-order chi connectivity index (χ1) is 6.22. The fraction of sp³-hybridized carbons (Fsp3) is 0.222. The normalized spacial score (nSPS) is 11.7. The Hall–Kier alpha value is -0.670. The number of halogens is 1. The summed E-state index contributed by atoms with van der Waals surface area (Å²) in [6.45, 7) is 0. The second-order valence-corrected chi connectivity index (χ2v) is 3.94. The number of hydrogen-bond acceptors (Lipinski definition) is 2. The van der Waals surface area contributed by atoms with Crippen LogP contribution >= 0.6 is 23.4 Å². The Bertz CT molecular complexity index is 295. The Balaban J connectivity index is 2.51. The maximum atomic E-state index is 5.74. The number of benzene rings is 1. The standard InChI is InChI=1S/C9H11ClN2S/c1-12-9(11)6-13-8-4-2-7(10)3-5-8/h2-5H,6H2,1H3,(H2,11,12). The van der Waals surface area contributed by atoms with E-state index < -0.39 is 0 Å². The molecule has 0 unspecified atom stereocenters. The molecule has 0 aliphatic rings. The van der Waals surface area contributed by atoms with Gasteiger partial charge >= 0.3 is 0 Å². The van der Waals surface area contributed by atoms with E-state index in [2.05, 4.69) is 4.99 Å². The Morgan fingerprint density at radius 2 is 2.08 bits per heavy atom. The van der Waals surface area contributed by atoms with Crippen LogP contribution in [0.4, 0.5) is 0 Å². The SMILES string of the molecule is CN=C(N)CSc1ccc(Cl)cc1. The van der Waals surface area contributed by atoms with Gasteiger partial charge in [0.05, 0.1) is 5.75 Å². The number of nitrogens with two attached hydrogens (primary N) is 1. The lowest BCUT2D eigenvalue weighted by atomic mass is 10.4. The van der Waals surface area contributed by atoms with E-state index in [0.29, 0.717) is 5.84 Å². The Morgan fingerprint density at radius 3 is 2.62 bits per heavy atom. The monoisotopic (exact) mass is 214 g/mol. The third kappa shape index (κ3) is 3.70. The first-order valence-electron chi connectivity index (χ1n) is 3.82. The summed E-state index contributed by atoms with van der Waals surface area (Å²) in [6.07, 6.45) is 0. The van der Waals surface area contributed by atoms with E-state index >= 15 is 0 Å². The van der Waals surface area contributed by atoms with Crippen molar-refractivity contribution in [3.8, 4) is 0 Å². The quantitative estimate of drug-likeness (QED) is 0.477. The smallest absolute Gasteiger partial charge is 0.104 e. The van der Waals surface area contributed by atoms with Crippen molar-refractivity contribution in [2.75, 3.05) is 12.8 Å². The number of hydrogen-bond donors (Lipinski definition) is 1. The first kappa shape index (κ1) is 10.4. The zero-order valence-electron chi connectivity index (χ0n) is 7.33. The predicted molar refractivity (Wildman–Crippen MR) is 59.7 cm³/mol. The van der Waals surface area contributed by atoms with Gasteiger partial charge in [0.1, 0.15) is 5.84 Å². The molecule has 13 heavy (non-hydrogen) atoms. The van der Waals surface area contributed by atoms with Gasteiger partial charge in [0.15, 0.2) is 0 Å². The fourth-order valence-corrected chi connectivity index (χ4v) is 1.65. The number of nitrogens with zero attached hydrogens (tertiary/aromatic N) is 1. The van der Waals surface area contributed by atoms with E-state index in [4.69, 9.17) is 17.3 Å². The van der Waals surface area contributed by atoms with Crippen molar-refractivity contribution in [3.05, 3.63) is 29.3 Å². The number of amidine groups is 1. The van der Waals surface area contributed by atoms with Crippen LogP contribution < -0.4 is 5.73 Å². The van der Waals surface area contributed by atoms with Gasteiger partial charge in [-0.25, -0.2) is 0 Å². The van der Waals surface area contributed by atoms with Gasteiger partial charge in [-0.2, -0.15) is 0 Å². The summed E-state index contributed by atoms with van der Waals surface area (Å²) in [7, 11) is 1.69. The second-order valence-electron chi connectivity index (χ2n) is 2.46. The van der Waals surface area contributed by atoms with Crippen LogP contribution in [0.3, 0.4) is 0 Å². The summed E-state index contributed by atoms with van der Waals surface area (Å²) >= 11 is 7.39. The molecule has 0 saturated carbocycles. The van der Waals surface area contributed by atoms with E-state index in [1.54, 1.807) is 18.8 Å². The van der Waals surface area contributed by atoms with Gasteiger partial charge in [-0.3, -0.25) is 4.99 Å². The molecule has 2 N–H and O–H groups in total. The summed E-state index contributed by atoms with van der Waals surface area (Å²) in [5.74, 6) is 1.37. The van der Waals surface area contributed by atoms with Crippen molar-refractivity contribution in [3.63, 3.8) is 0 Å². The van der Waals surface area contributed by atoms with Crippen LogP contribution in [-0.4, -0.2) is 18.6 Å². The molecule has 0 atom stereocenters. The van der Waals surface area contributed by atoms with Crippen LogP contribution in [-0.2, 0) is 0 Å². The largest absolute Gasteiger partial charge is 0.387 e. The third-order valence-electron chi connectivity index (χ3n) is 1.49. The van der Waals surface area contributed by atoms with Gasteiger partial charge in [-0.05, 0) is 24.3 Å². The molecule has 0 aliphatic carbocycles. The Morgan fingerprint density at radius 1 is 1.46 bits per heavy atom.